The smallest absolute Gasteiger partial charge is 0.374 e. The molecule has 0 heterocycles. The standard InChI is InChI=1S/C17H26O3Si/c1-4-18-21(19-5-2,20-6-3)13-7-8-15-9-10-16-11-12-17(16)14-15/h9-12,14H,4-8,13H2,1-3H3. The van der Waals surface area contributed by atoms with Gasteiger partial charge in [-0.3, -0.25) is 0 Å². The molecule has 1 aromatic rings. The zero-order chi connectivity index (χ0) is 15.1. The van der Waals surface area contributed by atoms with Crippen LogP contribution >= 0.6 is 0 Å². The summed E-state index contributed by atoms with van der Waals surface area (Å²) in [6, 6.07) is 7.58. The third kappa shape index (κ3) is 4.26. The molecule has 116 valence electrons. The average molecular weight is 306 g/mol. The highest BCUT2D eigenvalue weighted by molar-refractivity contribution is 6.60. The molecule has 0 fully saturated rings. The maximum absolute atomic E-state index is 5.89. The lowest BCUT2D eigenvalue weighted by Crippen LogP contribution is -2.46. The molecule has 0 aliphatic heterocycles. The molecule has 0 atom stereocenters. The van der Waals surface area contributed by atoms with Gasteiger partial charge in [0.2, 0.25) is 0 Å². The van der Waals surface area contributed by atoms with E-state index in [-0.39, 0.29) is 0 Å². The van der Waals surface area contributed by atoms with Crippen molar-refractivity contribution in [3.05, 3.63) is 34.9 Å². The van der Waals surface area contributed by atoms with Crippen molar-refractivity contribution in [1.29, 1.82) is 0 Å². The van der Waals surface area contributed by atoms with Gasteiger partial charge in [-0.05, 0) is 50.3 Å². The Bertz CT molecular complexity index is 468. The van der Waals surface area contributed by atoms with E-state index in [1.54, 1.807) is 0 Å². The normalized spacial score (nSPS) is 13.1. The zero-order valence-corrected chi connectivity index (χ0v) is 14.4. The number of rotatable bonds is 10. The lowest BCUT2D eigenvalue weighted by molar-refractivity contribution is 0.0708. The predicted octanol–water partition coefficient (Wildman–Crippen LogP) is 4.15. The van der Waals surface area contributed by atoms with Crippen molar-refractivity contribution >= 4 is 21.0 Å². The molecule has 0 spiro atoms. The van der Waals surface area contributed by atoms with E-state index in [4.69, 9.17) is 13.3 Å². The van der Waals surface area contributed by atoms with E-state index in [0.29, 0.717) is 19.8 Å². The van der Waals surface area contributed by atoms with Crippen molar-refractivity contribution < 1.29 is 13.3 Å². The first-order valence-corrected chi connectivity index (χ1v) is 9.89. The quantitative estimate of drug-likeness (QED) is 0.617. The maximum Gasteiger partial charge on any atom is 0.500 e. The van der Waals surface area contributed by atoms with Crippen molar-refractivity contribution in [3.8, 4) is 0 Å². The molecule has 0 amide bonds. The fraction of sp³-hybridized carbons (Fsp3) is 0.529. The molecule has 21 heavy (non-hydrogen) atoms. The third-order valence-corrected chi connectivity index (χ3v) is 6.79. The maximum atomic E-state index is 5.89. The number of hydrogen-bond acceptors (Lipinski definition) is 3. The van der Waals surface area contributed by atoms with Gasteiger partial charge in [0.15, 0.2) is 0 Å². The molecule has 3 nitrogen and oxygen atoms in total. The van der Waals surface area contributed by atoms with Gasteiger partial charge in [0.05, 0.1) is 0 Å². The summed E-state index contributed by atoms with van der Waals surface area (Å²) >= 11 is 0. The molecule has 1 aliphatic carbocycles. The molecule has 4 heteroatoms. The summed E-state index contributed by atoms with van der Waals surface area (Å²) in [7, 11) is -2.47. The van der Waals surface area contributed by atoms with Crippen molar-refractivity contribution in [1.82, 2.24) is 0 Å². The fourth-order valence-corrected chi connectivity index (χ4v) is 5.28. The topological polar surface area (TPSA) is 27.7 Å². The second kappa shape index (κ2) is 7.89. The van der Waals surface area contributed by atoms with Gasteiger partial charge in [-0.15, -0.1) is 0 Å². The van der Waals surface area contributed by atoms with Crippen LogP contribution < -0.4 is 0 Å². The van der Waals surface area contributed by atoms with Gasteiger partial charge in [-0.25, -0.2) is 0 Å². The van der Waals surface area contributed by atoms with E-state index in [1.165, 1.54) is 16.7 Å². The summed E-state index contributed by atoms with van der Waals surface area (Å²) in [4.78, 5) is 0. The summed E-state index contributed by atoms with van der Waals surface area (Å²) in [6.07, 6.45) is 6.40. The molecule has 0 N–H and O–H groups in total. The fourth-order valence-electron chi connectivity index (χ4n) is 2.67. The Morgan fingerprint density at radius 3 is 1.95 bits per heavy atom. The molecule has 1 aromatic carbocycles. The van der Waals surface area contributed by atoms with Crippen molar-refractivity contribution in [2.45, 2.75) is 39.7 Å². The van der Waals surface area contributed by atoms with Gasteiger partial charge in [-0.2, -0.15) is 0 Å². The molecule has 0 bridgehead atoms. The second-order valence-electron chi connectivity index (χ2n) is 5.13. The lowest BCUT2D eigenvalue weighted by atomic mass is 9.94. The molecule has 0 saturated heterocycles. The second-order valence-corrected chi connectivity index (χ2v) is 7.86. The molecule has 2 rings (SSSR count). The van der Waals surface area contributed by atoms with Crippen LogP contribution in [0.15, 0.2) is 18.2 Å². The van der Waals surface area contributed by atoms with Crippen molar-refractivity contribution in [3.63, 3.8) is 0 Å². The van der Waals surface area contributed by atoms with Gasteiger partial charge in [0.1, 0.15) is 0 Å². The third-order valence-electron chi connectivity index (χ3n) is 3.63. The van der Waals surface area contributed by atoms with Crippen LogP contribution in [0, 0.1) is 0 Å². The number of benzene rings is 1. The van der Waals surface area contributed by atoms with Crippen molar-refractivity contribution in [2.24, 2.45) is 0 Å². The molecular weight excluding hydrogens is 280 g/mol. The number of fused-ring (bicyclic) bond motifs is 1. The van der Waals surface area contributed by atoms with E-state index in [9.17, 15) is 0 Å². The highest BCUT2D eigenvalue weighted by Crippen LogP contribution is 2.26. The van der Waals surface area contributed by atoms with E-state index in [0.717, 1.165) is 18.9 Å². The molecule has 0 unspecified atom stereocenters. The van der Waals surface area contributed by atoms with Crippen LogP contribution in [0.25, 0.3) is 12.2 Å². The minimum absolute atomic E-state index is 0.649. The summed E-state index contributed by atoms with van der Waals surface area (Å²) in [5.41, 5.74) is 4.08. The Kier molecular flexibility index (Phi) is 6.17. The Morgan fingerprint density at radius 1 is 0.857 bits per heavy atom. The van der Waals surface area contributed by atoms with E-state index in [1.807, 2.05) is 20.8 Å². The Hall–Kier alpha value is -0.943. The number of aryl methyl sites for hydroxylation is 1. The predicted molar refractivity (Wildman–Crippen MR) is 89.1 cm³/mol. The first-order chi connectivity index (χ1) is 10.2. The van der Waals surface area contributed by atoms with Crippen LogP contribution in [0.4, 0.5) is 0 Å². The Balaban J connectivity index is 1.89. The molecule has 0 radical (unpaired) electrons. The summed E-state index contributed by atoms with van der Waals surface area (Å²) in [5.74, 6) is 0. The van der Waals surface area contributed by atoms with E-state index in [2.05, 4.69) is 30.4 Å². The Labute approximate surface area is 129 Å². The summed E-state index contributed by atoms with van der Waals surface area (Å²) in [6.45, 7) is 7.96. The lowest BCUT2D eigenvalue weighted by Gasteiger charge is -2.28. The molecule has 1 aliphatic rings. The first-order valence-electron chi connectivity index (χ1n) is 7.96. The molecular formula is C17H26O3Si. The zero-order valence-electron chi connectivity index (χ0n) is 13.4. The minimum Gasteiger partial charge on any atom is -0.374 e. The monoisotopic (exact) mass is 306 g/mol. The van der Waals surface area contributed by atoms with Crippen LogP contribution in [-0.4, -0.2) is 28.6 Å². The highest BCUT2D eigenvalue weighted by atomic mass is 28.4. The van der Waals surface area contributed by atoms with Gasteiger partial charge in [-0.1, -0.05) is 30.4 Å². The van der Waals surface area contributed by atoms with Crippen LogP contribution in [0.2, 0.25) is 6.04 Å². The average Bonchev–Trinajstić information content (AvgIpc) is 2.42. The SMILES string of the molecule is CCO[Si](CCCc1ccc2c(c1)C=C2)(OCC)OCC. The van der Waals surface area contributed by atoms with Crippen LogP contribution in [0.1, 0.15) is 43.9 Å². The van der Waals surface area contributed by atoms with Crippen LogP contribution in [-0.2, 0) is 19.7 Å². The van der Waals surface area contributed by atoms with E-state index >= 15 is 0 Å². The van der Waals surface area contributed by atoms with Gasteiger partial charge >= 0.3 is 8.80 Å². The van der Waals surface area contributed by atoms with Gasteiger partial charge in [0.25, 0.3) is 0 Å². The van der Waals surface area contributed by atoms with Gasteiger partial charge < -0.3 is 13.3 Å². The summed E-state index contributed by atoms with van der Waals surface area (Å²) < 4.78 is 17.7. The first kappa shape index (κ1) is 16.4. The van der Waals surface area contributed by atoms with Crippen LogP contribution in [0.3, 0.4) is 0 Å². The molecule has 0 aromatic heterocycles. The Morgan fingerprint density at radius 2 is 1.48 bits per heavy atom. The highest BCUT2D eigenvalue weighted by Gasteiger charge is 2.39. The van der Waals surface area contributed by atoms with Crippen molar-refractivity contribution in [2.75, 3.05) is 19.8 Å². The van der Waals surface area contributed by atoms with Gasteiger partial charge in [0, 0.05) is 25.9 Å². The largest absolute Gasteiger partial charge is 0.500 e. The summed E-state index contributed by atoms with van der Waals surface area (Å²) in [5, 5.41) is 0. The minimum atomic E-state index is -2.47. The molecule has 0 saturated carbocycles. The number of hydrogen-bond donors (Lipinski definition) is 0. The van der Waals surface area contributed by atoms with Crippen LogP contribution in [0.5, 0.6) is 0 Å². The van der Waals surface area contributed by atoms with E-state index < -0.39 is 8.80 Å².